The molecular weight excluding hydrogens is 392 g/mol. The molecule has 8 heteroatoms. The van der Waals surface area contributed by atoms with Crippen molar-refractivity contribution in [2.24, 2.45) is 0 Å². The summed E-state index contributed by atoms with van der Waals surface area (Å²) in [5.74, 6) is 0.616. The van der Waals surface area contributed by atoms with Crippen LogP contribution in [0.4, 0.5) is 0 Å². The second-order valence-electron chi connectivity index (χ2n) is 6.54. The van der Waals surface area contributed by atoms with Gasteiger partial charge < -0.3 is 10.6 Å². The van der Waals surface area contributed by atoms with Gasteiger partial charge in [0.2, 0.25) is 11.8 Å². The van der Waals surface area contributed by atoms with Crippen LogP contribution in [0.1, 0.15) is 19.3 Å². The lowest BCUT2D eigenvalue weighted by Crippen LogP contribution is -2.46. The first-order chi connectivity index (χ1) is 13.7. The summed E-state index contributed by atoms with van der Waals surface area (Å²) in [6.07, 6.45) is 2.56. The maximum Gasteiger partial charge on any atom is 0.242 e. The lowest BCUT2D eigenvalue weighted by atomic mass is 10.1. The molecule has 1 aromatic carbocycles. The van der Waals surface area contributed by atoms with Crippen LogP contribution < -0.4 is 10.6 Å². The highest BCUT2D eigenvalue weighted by Crippen LogP contribution is 2.29. The number of rotatable bonds is 5. The fourth-order valence-corrected chi connectivity index (χ4v) is 4.61. The SMILES string of the molecule is O=C(CSc1nc(-c2cccs2)nc2ccccc12)N[C@@H]1CCCCNC1=O. The van der Waals surface area contributed by atoms with Crippen LogP contribution in [0, 0.1) is 0 Å². The number of aromatic nitrogens is 2. The van der Waals surface area contributed by atoms with E-state index >= 15 is 0 Å². The largest absolute Gasteiger partial charge is 0.354 e. The fourth-order valence-electron chi connectivity index (χ4n) is 3.12. The van der Waals surface area contributed by atoms with E-state index in [2.05, 4.69) is 15.6 Å². The van der Waals surface area contributed by atoms with Gasteiger partial charge in [-0.1, -0.05) is 36.0 Å². The van der Waals surface area contributed by atoms with Gasteiger partial charge in [0, 0.05) is 11.9 Å². The molecule has 2 N–H and O–H groups in total. The molecule has 2 aromatic heterocycles. The summed E-state index contributed by atoms with van der Waals surface area (Å²) in [6, 6.07) is 11.3. The molecule has 0 spiro atoms. The average Bonchev–Trinajstić information content (AvgIpc) is 3.18. The van der Waals surface area contributed by atoms with Crippen molar-refractivity contribution >= 4 is 45.8 Å². The van der Waals surface area contributed by atoms with Crippen molar-refractivity contribution in [3.8, 4) is 10.7 Å². The first kappa shape index (κ1) is 18.9. The molecular formula is C20H20N4O2S2. The molecule has 6 nitrogen and oxygen atoms in total. The molecule has 0 unspecified atom stereocenters. The van der Waals surface area contributed by atoms with E-state index < -0.39 is 6.04 Å². The van der Waals surface area contributed by atoms with Crippen molar-refractivity contribution in [1.82, 2.24) is 20.6 Å². The summed E-state index contributed by atoms with van der Waals surface area (Å²) in [5.41, 5.74) is 0.854. The number of carbonyl (C=O) groups is 2. The second-order valence-corrected chi connectivity index (χ2v) is 8.45. The van der Waals surface area contributed by atoms with Crippen molar-refractivity contribution < 1.29 is 9.59 Å². The molecule has 3 heterocycles. The van der Waals surface area contributed by atoms with Crippen molar-refractivity contribution in [1.29, 1.82) is 0 Å². The Morgan fingerprint density at radius 1 is 1.21 bits per heavy atom. The van der Waals surface area contributed by atoms with E-state index in [4.69, 9.17) is 4.98 Å². The van der Waals surface area contributed by atoms with E-state index in [1.54, 1.807) is 11.3 Å². The molecule has 28 heavy (non-hydrogen) atoms. The van der Waals surface area contributed by atoms with Crippen molar-refractivity contribution in [3.05, 3.63) is 41.8 Å². The van der Waals surface area contributed by atoms with Gasteiger partial charge >= 0.3 is 0 Å². The summed E-state index contributed by atoms with van der Waals surface area (Å²) in [5, 5.41) is 9.39. The topological polar surface area (TPSA) is 84.0 Å². The third kappa shape index (κ3) is 4.34. The maximum atomic E-state index is 12.4. The number of thioether (sulfide) groups is 1. The van der Waals surface area contributed by atoms with Gasteiger partial charge in [0.1, 0.15) is 11.1 Å². The minimum absolute atomic E-state index is 0.0942. The highest BCUT2D eigenvalue weighted by atomic mass is 32.2. The Balaban J connectivity index is 1.51. The number of hydrogen-bond acceptors (Lipinski definition) is 6. The van der Waals surface area contributed by atoms with Crippen molar-refractivity contribution in [2.45, 2.75) is 30.3 Å². The van der Waals surface area contributed by atoms with E-state index in [-0.39, 0.29) is 17.6 Å². The zero-order valence-corrected chi connectivity index (χ0v) is 16.8. The molecule has 1 fully saturated rings. The number of para-hydroxylation sites is 1. The molecule has 144 valence electrons. The Hall–Kier alpha value is -2.45. The third-order valence-electron chi connectivity index (χ3n) is 4.52. The number of hydrogen-bond donors (Lipinski definition) is 2. The molecule has 0 bridgehead atoms. The summed E-state index contributed by atoms with van der Waals surface area (Å²) in [7, 11) is 0. The lowest BCUT2D eigenvalue weighted by Gasteiger charge is -2.15. The number of benzene rings is 1. The number of carbonyl (C=O) groups excluding carboxylic acids is 2. The first-order valence-electron chi connectivity index (χ1n) is 9.21. The molecule has 1 atom stereocenters. The summed E-state index contributed by atoms with van der Waals surface area (Å²) in [6.45, 7) is 0.679. The van der Waals surface area contributed by atoms with Crippen molar-refractivity contribution in [2.75, 3.05) is 12.3 Å². The molecule has 0 aliphatic carbocycles. The molecule has 0 radical (unpaired) electrons. The minimum Gasteiger partial charge on any atom is -0.354 e. The van der Waals surface area contributed by atoms with Crippen molar-refractivity contribution in [3.63, 3.8) is 0 Å². The van der Waals surface area contributed by atoms with Crippen LogP contribution >= 0.6 is 23.1 Å². The first-order valence-corrected chi connectivity index (χ1v) is 11.1. The number of amides is 2. The van der Waals surface area contributed by atoms with Crippen LogP contribution in [0.15, 0.2) is 46.8 Å². The van der Waals surface area contributed by atoms with E-state index in [9.17, 15) is 9.59 Å². The highest BCUT2D eigenvalue weighted by molar-refractivity contribution is 8.00. The average molecular weight is 413 g/mol. The van der Waals surface area contributed by atoms with Crippen LogP contribution in [0.5, 0.6) is 0 Å². The molecule has 1 saturated heterocycles. The minimum atomic E-state index is -0.445. The number of thiophene rings is 1. The third-order valence-corrected chi connectivity index (χ3v) is 6.38. The van der Waals surface area contributed by atoms with Gasteiger partial charge in [-0.2, -0.15) is 0 Å². The number of nitrogens with one attached hydrogen (secondary N) is 2. The summed E-state index contributed by atoms with van der Waals surface area (Å²) in [4.78, 5) is 34.8. The Morgan fingerprint density at radius 2 is 2.11 bits per heavy atom. The van der Waals surface area contributed by atoms with Crippen LogP contribution in [0.2, 0.25) is 0 Å². The quantitative estimate of drug-likeness (QED) is 0.496. The summed E-state index contributed by atoms with van der Waals surface area (Å²) >= 11 is 2.96. The van der Waals surface area contributed by atoms with Gasteiger partial charge in [0.05, 0.1) is 16.1 Å². The van der Waals surface area contributed by atoms with Gasteiger partial charge in [0.25, 0.3) is 0 Å². The van der Waals surface area contributed by atoms with Crippen LogP contribution in [-0.4, -0.2) is 40.1 Å². The van der Waals surface area contributed by atoms with Gasteiger partial charge in [-0.05, 0) is 36.8 Å². The van der Waals surface area contributed by atoms with E-state index in [1.165, 1.54) is 11.8 Å². The van der Waals surface area contributed by atoms with Gasteiger partial charge in [-0.15, -0.1) is 11.3 Å². The number of nitrogens with zero attached hydrogens (tertiary/aromatic N) is 2. The van der Waals surface area contributed by atoms with E-state index in [0.717, 1.165) is 33.6 Å². The molecule has 2 amide bonds. The van der Waals surface area contributed by atoms with Gasteiger partial charge in [0.15, 0.2) is 5.82 Å². The number of fused-ring (bicyclic) bond motifs is 1. The Kier molecular flexibility index (Phi) is 5.87. The Morgan fingerprint density at radius 3 is 2.96 bits per heavy atom. The van der Waals surface area contributed by atoms with Crippen LogP contribution in [0.3, 0.4) is 0 Å². The molecule has 4 rings (SSSR count). The van der Waals surface area contributed by atoms with Crippen LogP contribution in [-0.2, 0) is 9.59 Å². The monoisotopic (exact) mass is 412 g/mol. The van der Waals surface area contributed by atoms with Crippen LogP contribution in [0.25, 0.3) is 21.6 Å². The second kappa shape index (κ2) is 8.70. The zero-order valence-electron chi connectivity index (χ0n) is 15.2. The predicted molar refractivity (Wildman–Crippen MR) is 112 cm³/mol. The molecule has 0 saturated carbocycles. The van der Waals surface area contributed by atoms with E-state index in [1.807, 2.05) is 41.8 Å². The smallest absolute Gasteiger partial charge is 0.242 e. The molecule has 3 aromatic rings. The lowest BCUT2D eigenvalue weighted by molar-refractivity contribution is -0.127. The fraction of sp³-hybridized carbons (Fsp3) is 0.300. The molecule has 1 aliphatic heterocycles. The Labute approximate surface area is 171 Å². The zero-order chi connectivity index (χ0) is 19.3. The maximum absolute atomic E-state index is 12.4. The Bertz CT molecular complexity index is 991. The highest BCUT2D eigenvalue weighted by Gasteiger charge is 2.22. The normalized spacial score (nSPS) is 17.1. The summed E-state index contributed by atoms with van der Waals surface area (Å²) < 4.78 is 0. The van der Waals surface area contributed by atoms with Gasteiger partial charge in [-0.3, -0.25) is 9.59 Å². The van der Waals surface area contributed by atoms with E-state index in [0.29, 0.717) is 18.8 Å². The van der Waals surface area contributed by atoms with Gasteiger partial charge in [-0.25, -0.2) is 9.97 Å². The standard InChI is InChI=1S/C20H20N4O2S2/c25-17(22-15-8-3-4-10-21-19(15)26)12-28-20-13-6-1-2-7-14(13)23-18(24-20)16-9-5-11-27-16/h1-2,5-7,9,11,15H,3-4,8,10,12H2,(H,21,26)(H,22,25)/t15-/m1/s1. The molecule has 1 aliphatic rings. The predicted octanol–water partition coefficient (Wildman–Crippen LogP) is 3.24.